The highest BCUT2D eigenvalue weighted by Gasteiger charge is 1.96. The van der Waals surface area contributed by atoms with Crippen LogP contribution in [0.5, 0.6) is 5.75 Å². The van der Waals surface area contributed by atoms with E-state index >= 15 is 0 Å². The summed E-state index contributed by atoms with van der Waals surface area (Å²) >= 11 is 0. The molecule has 0 aliphatic carbocycles. The van der Waals surface area contributed by atoms with Crippen LogP contribution >= 0.6 is 0 Å². The fourth-order valence-electron chi connectivity index (χ4n) is 1.41. The largest absolute Gasteiger partial charge is 0.497 e. The lowest BCUT2D eigenvalue weighted by Gasteiger charge is -2.02. The Morgan fingerprint density at radius 2 is 1.94 bits per heavy atom. The first-order valence-electron chi connectivity index (χ1n) is 5.83. The Morgan fingerprint density at radius 3 is 2.50 bits per heavy atom. The molecule has 0 unspecified atom stereocenters. The second-order valence-electron chi connectivity index (χ2n) is 3.69. The number of carbonyl (C=O) groups is 1. The Bertz CT molecular complexity index is 441. The Kier molecular flexibility index (Phi) is 5.71. The number of hydrogen-bond donors (Lipinski definition) is 0. The molecule has 0 bridgehead atoms. The molecule has 0 saturated carbocycles. The van der Waals surface area contributed by atoms with Gasteiger partial charge in [0.2, 0.25) is 0 Å². The van der Waals surface area contributed by atoms with Crippen molar-refractivity contribution in [1.82, 2.24) is 0 Å². The molecule has 0 aliphatic rings. The molecular weight excluding hydrogens is 228 g/mol. The highest BCUT2D eigenvalue weighted by atomic mass is 16.5. The van der Waals surface area contributed by atoms with Crippen LogP contribution in [-0.4, -0.2) is 19.7 Å². The van der Waals surface area contributed by atoms with E-state index in [1.54, 1.807) is 20.1 Å². The van der Waals surface area contributed by atoms with Gasteiger partial charge < -0.3 is 9.47 Å². The van der Waals surface area contributed by atoms with E-state index in [0.717, 1.165) is 16.9 Å². The fraction of sp³-hybridized carbons (Fsp3) is 0.267. The molecular formula is C15H18O3. The van der Waals surface area contributed by atoms with Gasteiger partial charge in [-0.2, -0.15) is 0 Å². The highest BCUT2D eigenvalue weighted by molar-refractivity contribution is 5.82. The number of hydrogen-bond acceptors (Lipinski definition) is 3. The summed E-state index contributed by atoms with van der Waals surface area (Å²) in [6.45, 7) is 4.16. The summed E-state index contributed by atoms with van der Waals surface area (Å²) in [7, 11) is 1.64. The van der Waals surface area contributed by atoms with E-state index in [1.807, 2.05) is 37.3 Å². The van der Waals surface area contributed by atoms with Crippen LogP contribution in [0.3, 0.4) is 0 Å². The molecule has 1 rings (SSSR count). The van der Waals surface area contributed by atoms with E-state index in [0.29, 0.717) is 6.61 Å². The number of rotatable bonds is 5. The van der Waals surface area contributed by atoms with Gasteiger partial charge in [0.1, 0.15) is 5.75 Å². The number of methoxy groups -OCH3 is 1. The second kappa shape index (κ2) is 7.33. The van der Waals surface area contributed by atoms with Crippen LogP contribution in [0.2, 0.25) is 0 Å². The van der Waals surface area contributed by atoms with Crippen molar-refractivity contribution < 1.29 is 14.3 Å². The summed E-state index contributed by atoms with van der Waals surface area (Å²) < 4.78 is 9.88. The van der Waals surface area contributed by atoms with E-state index in [1.165, 1.54) is 6.08 Å². The van der Waals surface area contributed by atoms with Gasteiger partial charge in [0.15, 0.2) is 0 Å². The van der Waals surface area contributed by atoms with Gasteiger partial charge in [-0.3, -0.25) is 0 Å². The van der Waals surface area contributed by atoms with Gasteiger partial charge in [0, 0.05) is 6.08 Å². The van der Waals surface area contributed by atoms with Crippen LogP contribution in [0.1, 0.15) is 19.4 Å². The number of carbonyl (C=O) groups excluding carboxylic acids is 1. The maximum Gasteiger partial charge on any atom is 0.330 e. The third-order valence-corrected chi connectivity index (χ3v) is 2.41. The van der Waals surface area contributed by atoms with Crippen molar-refractivity contribution in [3.05, 3.63) is 48.1 Å². The van der Waals surface area contributed by atoms with Crippen LogP contribution in [0, 0.1) is 0 Å². The maximum atomic E-state index is 11.1. The monoisotopic (exact) mass is 246 g/mol. The van der Waals surface area contributed by atoms with Gasteiger partial charge in [-0.1, -0.05) is 24.3 Å². The number of esters is 1. The summed E-state index contributed by atoms with van der Waals surface area (Å²) in [6, 6.07) is 7.76. The van der Waals surface area contributed by atoms with Crippen LogP contribution in [0.15, 0.2) is 42.5 Å². The Labute approximate surface area is 108 Å². The molecule has 0 aliphatic heterocycles. The smallest absolute Gasteiger partial charge is 0.330 e. The lowest BCUT2D eigenvalue weighted by atomic mass is 10.1. The molecule has 0 spiro atoms. The first kappa shape index (κ1) is 14.0. The minimum Gasteiger partial charge on any atom is -0.497 e. The minimum absolute atomic E-state index is 0.323. The third kappa shape index (κ3) is 4.45. The Balaban J connectivity index is 2.67. The van der Waals surface area contributed by atoms with Crippen LogP contribution in [0.4, 0.5) is 0 Å². The summed E-state index contributed by atoms with van der Waals surface area (Å²) in [4.78, 5) is 11.1. The van der Waals surface area contributed by atoms with E-state index < -0.39 is 0 Å². The summed E-state index contributed by atoms with van der Waals surface area (Å²) in [6.07, 6.45) is 4.98. The first-order valence-corrected chi connectivity index (χ1v) is 5.83. The molecule has 18 heavy (non-hydrogen) atoms. The average Bonchev–Trinajstić information content (AvgIpc) is 2.39. The minimum atomic E-state index is -0.323. The van der Waals surface area contributed by atoms with Gasteiger partial charge >= 0.3 is 5.97 Å². The standard InChI is InChI=1S/C15H18O3/c1-4-18-15(16)7-5-6-12(2)13-8-10-14(17-3)11-9-13/h5-11H,4H2,1-3H3/b7-5+,12-6+. The van der Waals surface area contributed by atoms with Crippen molar-refractivity contribution >= 4 is 11.5 Å². The van der Waals surface area contributed by atoms with Crippen molar-refractivity contribution in [1.29, 1.82) is 0 Å². The number of ether oxygens (including phenoxy) is 2. The normalized spacial score (nSPS) is 11.6. The van der Waals surface area contributed by atoms with Crippen LogP contribution in [0.25, 0.3) is 5.57 Å². The highest BCUT2D eigenvalue weighted by Crippen LogP contribution is 2.17. The molecule has 1 aromatic rings. The Hall–Kier alpha value is -2.03. The fourth-order valence-corrected chi connectivity index (χ4v) is 1.41. The van der Waals surface area contributed by atoms with Crippen molar-refractivity contribution in [3.8, 4) is 5.75 Å². The molecule has 0 heterocycles. The quantitative estimate of drug-likeness (QED) is 0.454. The van der Waals surface area contributed by atoms with Crippen LogP contribution in [-0.2, 0) is 9.53 Å². The number of allylic oxidation sites excluding steroid dienone is 3. The average molecular weight is 246 g/mol. The predicted molar refractivity (Wildman–Crippen MR) is 72.4 cm³/mol. The molecule has 0 N–H and O–H groups in total. The molecule has 3 nitrogen and oxygen atoms in total. The molecule has 0 aromatic heterocycles. The van der Waals surface area contributed by atoms with E-state index in [2.05, 4.69) is 0 Å². The summed E-state index contributed by atoms with van der Waals surface area (Å²) in [5, 5.41) is 0. The van der Waals surface area contributed by atoms with Crippen molar-refractivity contribution in [2.75, 3.05) is 13.7 Å². The lowest BCUT2D eigenvalue weighted by molar-refractivity contribution is -0.137. The predicted octanol–water partition coefficient (Wildman–Crippen LogP) is 3.22. The van der Waals surface area contributed by atoms with Gasteiger partial charge in [0.05, 0.1) is 13.7 Å². The molecule has 3 heteroatoms. The van der Waals surface area contributed by atoms with Gasteiger partial charge in [-0.05, 0) is 37.1 Å². The molecule has 0 atom stereocenters. The maximum absolute atomic E-state index is 11.1. The molecule has 0 fully saturated rings. The molecule has 96 valence electrons. The SMILES string of the molecule is CCOC(=O)/C=C/C=C(\C)c1ccc(OC)cc1. The van der Waals surface area contributed by atoms with Crippen molar-refractivity contribution in [2.24, 2.45) is 0 Å². The zero-order chi connectivity index (χ0) is 13.4. The zero-order valence-corrected chi connectivity index (χ0v) is 11.0. The van der Waals surface area contributed by atoms with E-state index in [4.69, 9.17) is 9.47 Å². The molecule has 0 saturated heterocycles. The Morgan fingerprint density at radius 1 is 1.28 bits per heavy atom. The lowest BCUT2D eigenvalue weighted by Crippen LogP contribution is -1.98. The van der Waals surface area contributed by atoms with E-state index in [-0.39, 0.29) is 5.97 Å². The second-order valence-corrected chi connectivity index (χ2v) is 3.69. The van der Waals surface area contributed by atoms with Crippen LogP contribution < -0.4 is 4.74 Å². The first-order chi connectivity index (χ1) is 8.67. The van der Waals surface area contributed by atoms with Gasteiger partial charge in [0.25, 0.3) is 0 Å². The molecule has 0 radical (unpaired) electrons. The van der Waals surface area contributed by atoms with Gasteiger partial charge in [-0.25, -0.2) is 4.79 Å². The molecule has 0 amide bonds. The topological polar surface area (TPSA) is 35.5 Å². The van der Waals surface area contributed by atoms with Crippen molar-refractivity contribution in [2.45, 2.75) is 13.8 Å². The molecule has 1 aromatic carbocycles. The van der Waals surface area contributed by atoms with E-state index in [9.17, 15) is 4.79 Å². The number of benzene rings is 1. The van der Waals surface area contributed by atoms with Gasteiger partial charge in [-0.15, -0.1) is 0 Å². The summed E-state index contributed by atoms with van der Waals surface area (Å²) in [5.41, 5.74) is 2.16. The van der Waals surface area contributed by atoms with Crippen molar-refractivity contribution in [3.63, 3.8) is 0 Å². The summed E-state index contributed by atoms with van der Waals surface area (Å²) in [5.74, 6) is 0.505. The third-order valence-electron chi connectivity index (χ3n) is 2.41. The zero-order valence-electron chi connectivity index (χ0n) is 11.0.